The summed E-state index contributed by atoms with van der Waals surface area (Å²) in [6.07, 6.45) is 2.37. The Hall–Kier alpha value is -3.17. The van der Waals surface area contributed by atoms with E-state index in [0.29, 0.717) is 34.7 Å². The lowest BCUT2D eigenvalue weighted by atomic mass is 9.96. The number of aromatic nitrogens is 2. The van der Waals surface area contributed by atoms with Crippen molar-refractivity contribution in [1.82, 2.24) is 10.2 Å². The fourth-order valence-electron chi connectivity index (χ4n) is 4.52. The quantitative estimate of drug-likeness (QED) is 0.728. The van der Waals surface area contributed by atoms with Gasteiger partial charge in [-0.3, -0.25) is 0 Å². The third kappa shape index (κ3) is 2.76. The van der Waals surface area contributed by atoms with Gasteiger partial charge in [-0.15, -0.1) is 10.2 Å². The molecule has 28 heavy (non-hydrogen) atoms. The maximum Gasteiger partial charge on any atom is 0.156 e. The fourth-order valence-corrected chi connectivity index (χ4v) is 4.52. The number of nitrogens with one attached hydrogen (secondary N) is 1. The maximum atomic E-state index is 10.4. The SMILES string of the molecule is N#Cc1ccc(-c2nnc(NC3C4CCC3COC4)c3ccccc23)c(O)c1. The van der Waals surface area contributed by atoms with Crippen LogP contribution in [0.15, 0.2) is 42.5 Å². The van der Waals surface area contributed by atoms with E-state index in [9.17, 15) is 5.11 Å². The van der Waals surface area contributed by atoms with Crippen LogP contribution < -0.4 is 5.32 Å². The molecule has 5 rings (SSSR count). The first-order valence-corrected chi connectivity index (χ1v) is 9.58. The number of ether oxygens (including phenoxy) is 1. The van der Waals surface area contributed by atoms with E-state index in [4.69, 9.17) is 10.00 Å². The molecule has 1 aliphatic carbocycles. The van der Waals surface area contributed by atoms with E-state index in [2.05, 4.69) is 15.5 Å². The summed E-state index contributed by atoms with van der Waals surface area (Å²) in [5.41, 5.74) is 1.59. The van der Waals surface area contributed by atoms with Crippen molar-refractivity contribution in [2.45, 2.75) is 18.9 Å². The van der Waals surface area contributed by atoms with Crippen LogP contribution in [0.2, 0.25) is 0 Å². The van der Waals surface area contributed by atoms with Crippen molar-refractivity contribution in [3.63, 3.8) is 0 Å². The number of phenolic OH excluding ortho intramolecular Hbond substituents is 1. The van der Waals surface area contributed by atoms with Crippen LogP contribution in [-0.2, 0) is 4.74 Å². The van der Waals surface area contributed by atoms with Gasteiger partial charge >= 0.3 is 0 Å². The van der Waals surface area contributed by atoms with E-state index in [1.54, 1.807) is 12.1 Å². The Morgan fingerprint density at radius 1 is 1.04 bits per heavy atom. The van der Waals surface area contributed by atoms with Crippen LogP contribution in [0.1, 0.15) is 18.4 Å². The average Bonchev–Trinajstić information content (AvgIpc) is 2.94. The number of nitrogens with zero attached hydrogens (tertiary/aromatic N) is 3. The van der Waals surface area contributed by atoms with Crippen molar-refractivity contribution < 1.29 is 9.84 Å². The first-order valence-electron chi connectivity index (χ1n) is 9.58. The molecule has 2 aromatic carbocycles. The summed E-state index contributed by atoms with van der Waals surface area (Å²) >= 11 is 0. The molecule has 0 radical (unpaired) electrons. The van der Waals surface area contributed by atoms with Gasteiger partial charge in [-0.2, -0.15) is 5.26 Å². The van der Waals surface area contributed by atoms with Gasteiger partial charge in [0.25, 0.3) is 0 Å². The zero-order valence-corrected chi connectivity index (χ0v) is 15.3. The van der Waals surface area contributed by atoms with Crippen molar-refractivity contribution in [2.24, 2.45) is 11.8 Å². The Kier molecular flexibility index (Phi) is 4.10. The Labute approximate surface area is 162 Å². The van der Waals surface area contributed by atoms with Gasteiger partial charge in [-0.1, -0.05) is 24.3 Å². The maximum absolute atomic E-state index is 10.4. The molecule has 6 heteroatoms. The zero-order valence-electron chi connectivity index (χ0n) is 15.3. The normalized spacial score (nSPS) is 23.5. The lowest BCUT2D eigenvalue weighted by Gasteiger charge is -2.31. The summed E-state index contributed by atoms with van der Waals surface area (Å²) in [4.78, 5) is 0. The summed E-state index contributed by atoms with van der Waals surface area (Å²) in [7, 11) is 0. The van der Waals surface area contributed by atoms with Gasteiger partial charge in [0.2, 0.25) is 0 Å². The molecule has 2 unspecified atom stereocenters. The largest absolute Gasteiger partial charge is 0.507 e. The van der Waals surface area contributed by atoms with Gasteiger partial charge < -0.3 is 15.2 Å². The lowest BCUT2D eigenvalue weighted by Crippen LogP contribution is -2.39. The molecule has 1 aliphatic heterocycles. The highest BCUT2D eigenvalue weighted by Crippen LogP contribution is 2.39. The molecule has 1 aromatic heterocycles. The van der Waals surface area contributed by atoms with Gasteiger partial charge in [-0.05, 0) is 31.0 Å². The van der Waals surface area contributed by atoms with Crippen LogP contribution in [0, 0.1) is 23.2 Å². The molecule has 6 nitrogen and oxygen atoms in total. The third-order valence-electron chi connectivity index (χ3n) is 5.96. The highest BCUT2D eigenvalue weighted by atomic mass is 16.5. The second-order valence-corrected chi connectivity index (χ2v) is 7.59. The first-order chi connectivity index (χ1) is 13.7. The molecule has 2 atom stereocenters. The van der Waals surface area contributed by atoms with E-state index in [-0.39, 0.29) is 5.75 Å². The van der Waals surface area contributed by atoms with Gasteiger partial charge in [0.1, 0.15) is 11.4 Å². The van der Waals surface area contributed by atoms with E-state index in [0.717, 1.165) is 29.8 Å². The standard InChI is InChI=1S/C22H20N4O2/c23-10-13-5-8-18(19(27)9-13)21-16-3-1-2-4-17(16)22(26-25-21)24-20-14-6-7-15(20)12-28-11-14/h1-5,8-9,14-15,20,27H,6-7,11-12H2,(H,24,26). The number of phenols is 1. The fraction of sp³-hybridized carbons (Fsp3) is 0.318. The van der Waals surface area contributed by atoms with Gasteiger partial charge in [-0.25, -0.2) is 0 Å². The molecule has 1 saturated carbocycles. The van der Waals surface area contributed by atoms with Crippen LogP contribution in [0.3, 0.4) is 0 Å². The molecule has 140 valence electrons. The minimum atomic E-state index is 0.0293. The van der Waals surface area contributed by atoms with Gasteiger partial charge in [0.15, 0.2) is 5.82 Å². The minimum absolute atomic E-state index is 0.0293. The van der Waals surface area contributed by atoms with Crippen LogP contribution in [-0.4, -0.2) is 34.6 Å². The highest BCUT2D eigenvalue weighted by Gasteiger charge is 2.40. The smallest absolute Gasteiger partial charge is 0.156 e. The minimum Gasteiger partial charge on any atom is -0.507 e. The molecular weight excluding hydrogens is 352 g/mol. The van der Waals surface area contributed by atoms with Crippen molar-refractivity contribution >= 4 is 16.6 Å². The third-order valence-corrected chi connectivity index (χ3v) is 5.96. The van der Waals surface area contributed by atoms with Crippen molar-refractivity contribution in [3.05, 3.63) is 48.0 Å². The number of hydrogen-bond donors (Lipinski definition) is 2. The van der Waals surface area contributed by atoms with Crippen LogP contribution in [0.4, 0.5) is 5.82 Å². The molecule has 1 saturated heterocycles. The Morgan fingerprint density at radius 3 is 2.50 bits per heavy atom. The molecule has 2 fully saturated rings. The number of aromatic hydroxyl groups is 1. The number of fused-ring (bicyclic) bond motifs is 3. The summed E-state index contributed by atoms with van der Waals surface area (Å²) in [6, 6.07) is 15.2. The van der Waals surface area contributed by atoms with Crippen molar-refractivity contribution in [1.29, 1.82) is 5.26 Å². The van der Waals surface area contributed by atoms with E-state index in [1.165, 1.54) is 18.9 Å². The molecule has 0 amide bonds. The predicted molar refractivity (Wildman–Crippen MR) is 106 cm³/mol. The van der Waals surface area contributed by atoms with Gasteiger partial charge in [0.05, 0.1) is 24.8 Å². The first kappa shape index (κ1) is 17.0. The van der Waals surface area contributed by atoms with Gasteiger partial charge in [0, 0.05) is 34.2 Å². The average molecular weight is 372 g/mol. The molecule has 0 spiro atoms. The van der Waals surface area contributed by atoms with Crippen LogP contribution in [0.5, 0.6) is 5.75 Å². The Balaban J connectivity index is 1.57. The highest BCUT2D eigenvalue weighted by molar-refractivity contribution is 6.01. The second-order valence-electron chi connectivity index (χ2n) is 7.59. The number of rotatable bonds is 3. The summed E-state index contributed by atoms with van der Waals surface area (Å²) in [6.45, 7) is 1.60. The predicted octanol–water partition coefficient (Wildman–Crippen LogP) is 3.71. The molecule has 3 aromatic rings. The second kappa shape index (κ2) is 6.77. The molecule has 2 bridgehead atoms. The van der Waals surface area contributed by atoms with E-state index < -0.39 is 0 Å². The Bertz CT molecular complexity index is 1080. The lowest BCUT2D eigenvalue weighted by molar-refractivity contribution is 0.0392. The number of benzene rings is 2. The topological polar surface area (TPSA) is 91.1 Å². The molecule has 2 N–H and O–H groups in total. The van der Waals surface area contributed by atoms with E-state index in [1.807, 2.05) is 30.3 Å². The summed E-state index contributed by atoms with van der Waals surface area (Å²) in [5.74, 6) is 1.83. The molecule has 2 aliphatic rings. The Morgan fingerprint density at radius 2 is 1.79 bits per heavy atom. The molecule has 2 heterocycles. The summed E-state index contributed by atoms with van der Waals surface area (Å²) in [5, 5.41) is 33.9. The number of anilines is 1. The molecular formula is C22H20N4O2. The monoisotopic (exact) mass is 372 g/mol. The number of nitriles is 1. The van der Waals surface area contributed by atoms with Crippen molar-refractivity contribution in [3.8, 4) is 23.1 Å². The summed E-state index contributed by atoms with van der Waals surface area (Å²) < 4.78 is 5.69. The zero-order chi connectivity index (χ0) is 19.1. The number of hydrogen-bond acceptors (Lipinski definition) is 6. The van der Waals surface area contributed by atoms with Crippen LogP contribution in [0.25, 0.3) is 22.0 Å². The van der Waals surface area contributed by atoms with Crippen molar-refractivity contribution in [2.75, 3.05) is 18.5 Å². The van der Waals surface area contributed by atoms with E-state index >= 15 is 0 Å². The van der Waals surface area contributed by atoms with Crippen LogP contribution >= 0.6 is 0 Å².